The van der Waals surface area contributed by atoms with E-state index >= 15 is 0 Å². The van der Waals surface area contributed by atoms with Gasteiger partial charge in [-0.2, -0.15) is 0 Å². The molecule has 0 fully saturated rings. The Morgan fingerprint density at radius 2 is 0.647 bits per heavy atom. The highest BCUT2D eigenvalue weighted by Crippen LogP contribution is 2.45. The van der Waals surface area contributed by atoms with E-state index in [1.807, 2.05) is 12.1 Å². The molecule has 3 aromatic heterocycles. The van der Waals surface area contributed by atoms with E-state index in [1.54, 1.807) is 0 Å². The molecule has 5 heteroatoms. The van der Waals surface area contributed by atoms with Crippen molar-refractivity contribution in [3.63, 3.8) is 0 Å². The molecule has 318 valence electrons. The summed E-state index contributed by atoms with van der Waals surface area (Å²) in [6.45, 7) is 0. The van der Waals surface area contributed by atoms with Crippen molar-refractivity contribution in [3.8, 4) is 78.9 Å². The van der Waals surface area contributed by atoms with Crippen LogP contribution in [0.25, 0.3) is 123 Å². The second kappa shape index (κ2) is 16.4. The lowest BCUT2D eigenvalue weighted by Crippen LogP contribution is -2.04. The fourth-order valence-electron chi connectivity index (χ4n) is 10.2. The van der Waals surface area contributed by atoms with Gasteiger partial charge in [-0.15, -0.1) is 0 Å². The summed E-state index contributed by atoms with van der Waals surface area (Å²) in [6.07, 6.45) is 0. The van der Waals surface area contributed by atoms with E-state index in [0.717, 1.165) is 61.4 Å². The molecule has 0 aliphatic rings. The molecule has 0 N–H and O–H groups in total. The molecular formula is C63H41N5. The van der Waals surface area contributed by atoms with E-state index in [9.17, 15) is 0 Å². The number of benzene rings is 10. The van der Waals surface area contributed by atoms with Gasteiger partial charge in [0, 0.05) is 43.9 Å². The van der Waals surface area contributed by atoms with Gasteiger partial charge in [0.1, 0.15) is 0 Å². The molecule has 0 unspecified atom stereocenters. The lowest BCUT2D eigenvalue weighted by molar-refractivity contribution is 1.06. The van der Waals surface area contributed by atoms with Crippen LogP contribution in [0.3, 0.4) is 0 Å². The number of rotatable bonds is 8. The van der Waals surface area contributed by atoms with E-state index in [0.29, 0.717) is 17.5 Å². The molecule has 13 rings (SSSR count). The number of nitrogens with zero attached hydrogens (tertiary/aromatic N) is 5. The van der Waals surface area contributed by atoms with Crippen molar-refractivity contribution in [2.24, 2.45) is 0 Å². The topological polar surface area (TPSA) is 48.5 Å². The summed E-state index contributed by atoms with van der Waals surface area (Å²) in [4.78, 5) is 16.0. The van der Waals surface area contributed by atoms with Crippen LogP contribution in [0.4, 0.5) is 0 Å². The van der Waals surface area contributed by atoms with E-state index in [-0.39, 0.29) is 0 Å². The molecule has 0 bridgehead atoms. The van der Waals surface area contributed by atoms with E-state index in [4.69, 9.17) is 15.0 Å². The Kier molecular flexibility index (Phi) is 9.43. The maximum Gasteiger partial charge on any atom is 0.166 e. The van der Waals surface area contributed by atoms with Gasteiger partial charge >= 0.3 is 0 Å². The summed E-state index contributed by atoms with van der Waals surface area (Å²) in [6, 6.07) is 88.0. The Morgan fingerprint density at radius 3 is 1.29 bits per heavy atom. The van der Waals surface area contributed by atoms with Gasteiger partial charge in [0.05, 0.1) is 27.8 Å². The van der Waals surface area contributed by atoms with Crippen molar-refractivity contribution in [1.82, 2.24) is 24.1 Å². The monoisotopic (exact) mass is 867 g/mol. The Hall–Kier alpha value is -9.19. The largest absolute Gasteiger partial charge is 0.309 e. The van der Waals surface area contributed by atoms with Crippen LogP contribution >= 0.6 is 0 Å². The van der Waals surface area contributed by atoms with Crippen molar-refractivity contribution in [3.05, 3.63) is 249 Å². The second-order valence-electron chi connectivity index (χ2n) is 17.1. The minimum atomic E-state index is 0.594. The smallest absolute Gasteiger partial charge is 0.166 e. The minimum Gasteiger partial charge on any atom is -0.309 e. The van der Waals surface area contributed by atoms with Crippen molar-refractivity contribution in [1.29, 1.82) is 0 Å². The Bertz CT molecular complexity index is 4000. The molecular weight excluding hydrogens is 827 g/mol. The molecule has 0 atom stereocenters. The quantitative estimate of drug-likeness (QED) is 0.153. The average molecular weight is 868 g/mol. The maximum atomic E-state index is 5.40. The molecule has 0 amide bonds. The molecule has 5 nitrogen and oxygen atoms in total. The van der Waals surface area contributed by atoms with E-state index in [2.05, 4.69) is 246 Å². The summed E-state index contributed by atoms with van der Waals surface area (Å²) < 4.78 is 4.79. The predicted octanol–water partition coefficient (Wildman–Crippen LogP) is 16.1. The summed E-state index contributed by atoms with van der Waals surface area (Å²) in [5, 5.41) is 4.81. The van der Waals surface area contributed by atoms with Gasteiger partial charge in [0.2, 0.25) is 0 Å². The van der Waals surface area contributed by atoms with Gasteiger partial charge in [-0.25, -0.2) is 15.0 Å². The van der Waals surface area contributed by atoms with Crippen molar-refractivity contribution < 1.29 is 0 Å². The van der Waals surface area contributed by atoms with Gasteiger partial charge in [0.25, 0.3) is 0 Å². The van der Waals surface area contributed by atoms with Crippen molar-refractivity contribution in [2.75, 3.05) is 0 Å². The first-order valence-corrected chi connectivity index (χ1v) is 23.0. The molecule has 0 aliphatic carbocycles. The summed E-state index contributed by atoms with van der Waals surface area (Å²) in [5.74, 6) is 1.81. The van der Waals surface area contributed by atoms with Gasteiger partial charge in [-0.1, -0.05) is 200 Å². The number of hydrogen-bond acceptors (Lipinski definition) is 3. The van der Waals surface area contributed by atoms with Gasteiger partial charge in [-0.3, -0.25) is 0 Å². The number of aromatic nitrogens is 5. The van der Waals surface area contributed by atoms with Crippen LogP contribution < -0.4 is 0 Å². The third-order valence-corrected chi connectivity index (χ3v) is 13.2. The molecule has 0 saturated carbocycles. The second-order valence-corrected chi connectivity index (χ2v) is 17.1. The zero-order chi connectivity index (χ0) is 45.0. The minimum absolute atomic E-state index is 0.594. The van der Waals surface area contributed by atoms with Crippen LogP contribution in [0.1, 0.15) is 0 Å². The molecule has 3 heterocycles. The highest BCUT2D eigenvalue weighted by Gasteiger charge is 2.23. The molecule has 0 radical (unpaired) electrons. The van der Waals surface area contributed by atoms with Crippen molar-refractivity contribution >= 4 is 43.6 Å². The van der Waals surface area contributed by atoms with Crippen LogP contribution in [-0.4, -0.2) is 24.1 Å². The number of fused-ring (bicyclic) bond motifs is 6. The standard InChI is InChI=1S/C63H41N5/c1-4-20-42(21-5-1)43-38-40-45(41-39-43)61-64-62(50-27-11-10-26-47(50)44-22-6-2-7-23-44)66-63(65-61)53-30-14-17-35-56(53)68-55-34-16-13-29-52(55)60-49(32-19-37-58(60)68)48-31-18-36-57-59(48)51-28-12-15-33-54(51)67(57)46-24-8-3-9-25-46/h1-41H. The van der Waals surface area contributed by atoms with E-state index in [1.165, 1.54) is 43.7 Å². The lowest BCUT2D eigenvalue weighted by Gasteiger charge is -2.16. The first kappa shape index (κ1) is 39.2. The molecule has 0 saturated heterocycles. The normalized spacial score (nSPS) is 11.5. The maximum absolute atomic E-state index is 5.40. The molecule has 0 aliphatic heterocycles. The highest BCUT2D eigenvalue weighted by atomic mass is 15.1. The fourth-order valence-corrected chi connectivity index (χ4v) is 10.2. The van der Waals surface area contributed by atoms with E-state index < -0.39 is 0 Å². The van der Waals surface area contributed by atoms with Crippen LogP contribution in [0.2, 0.25) is 0 Å². The zero-order valence-corrected chi connectivity index (χ0v) is 36.9. The first-order chi connectivity index (χ1) is 33.8. The third-order valence-electron chi connectivity index (χ3n) is 13.2. The highest BCUT2D eigenvalue weighted by molar-refractivity contribution is 6.22. The summed E-state index contributed by atoms with van der Waals surface area (Å²) in [7, 11) is 0. The Morgan fingerprint density at radius 1 is 0.235 bits per heavy atom. The van der Waals surface area contributed by atoms with Gasteiger partial charge in [-0.05, 0) is 81.9 Å². The average Bonchev–Trinajstić information content (AvgIpc) is 3.95. The Balaban J connectivity index is 1.03. The molecule has 13 aromatic rings. The van der Waals surface area contributed by atoms with Crippen molar-refractivity contribution in [2.45, 2.75) is 0 Å². The number of hydrogen-bond donors (Lipinski definition) is 0. The van der Waals surface area contributed by atoms with Gasteiger partial charge in [0.15, 0.2) is 17.5 Å². The third kappa shape index (κ3) is 6.51. The van der Waals surface area contributed by atoms with Crippen LogP contribution in [0.15, 0.2) is 249 Å². The molecule has 10 aromatic carbocycles. The predicted molar refractivity (Wildman–Crippen MR) is 281 cm³/mol. The molecule has 0 spiro atoms. The summed E-state index contributed by atoms with van der Waals surface area (Å²) in [5.41, 5.74) is 16.2. The molecule has 68 heavy (non-hydrogen) atoms. The number of para-hydroxylation sites is 4. The van der Waals surface area contributed by atoms with Crippen LogP contribution in [0, 0.1) is 0 Å². The fraction of sp³-hybridized carbons (Fsp3) is 0. The lowest BCUT2D eigenvalue weighted by atomic mass is 9.95. The Labute approximate surface area is 393 Å². The zero-order valence-electron chi connectivity index (χ0n) is 36.9. The summed E-state index contributed by atoms with van der Waals surface area (Å²) >= 11 is 0. The van der Waals surface area contributed by atoms with Crippen LogP contribution in [0.5, 0.6) is 0 Å². The van der Waals surface area contributed by atoms with Gasteiger partial charge < -0.3 is 9.13 Å². The first-order valence-electron chi connectivity index (χ1n) is 23.0. The van der Waals surface area contributed by atoms with Crippen LogP contribution in [-0.2, 0) is 0 Å². The SMILES string of the molecule is c1ccc(-c2ccc(-c3nc(-c4ccccc4-c4ccccc4)nc(-c4ccccc4-n4c5ccccc5c5c(-c6cccc7c6c6ccccc6n7-c6ccccc6)cccc54)n3)cc2)cc1.